The van der Waals surface area contributed by atoms with Gasteiger partial charge in [-0.05, 0) is 108 Å². The zero-order valence-corrected chi connectivity index (χ0v) is 104. The van der Waals surface area contributed by atoms with E-state index in [1.807, 2.05) is 0 Å². The minimum absolute atomic E-state index is 0. The summed E-state index contributed by atoms with van der Waals surface area (Å²) in [4.78, 5) is 0. The summed E-state index contributed by atoms with van der Waals surface area (Å²) in [5.41, 5.74) is 9.65. The van der Waals surface area contributed by atoms with E-state index in [-0.39, 0.29) is 52.0 Å². The summed E-state index contributed by atoms with van der Waals surface area (Å²) in [7, 11) is 0. The van der Waals surface area contributed by atoms with Crippen molar-refractivity contribution >= 4 is 0 Å². The minimum Gasteiger partial charge on any atom is -0.381 e. The maximum atomic E-state index is 5.13. The Labute approximate surface area is 925 Å². The summed E-state index contributed by atoms with van der Waals surface area (Å²) >= 11 is 0. The van der Waals surface area contributed by atoms with Gasteiger partial charge in [0.2, 0.25) is 0 Å². The highest BCUT2D eigenvalue weighted by Crippen LogP contribution is 2.27. The third kappa shape index (κ3) is 224. The van der Waals surface area contributed by atoms with Crippen LogP contribution >= 0.6 is 0 Å². The van der Waals surface area contributed by atoms with Gasteiger partial charge in [-0.25, -0.2) is 0 Å². The summed E-state index contributed by atoms with van der Waals surface area (Å²) in [6.45, 7) is 93.5. The average Bonchev–Trinajstić information content (AvgIpc) is 0.904. The Morgan fingerprint density at radius 1 is 0.196 bits per heavy atom. The molecule has 0 fully saturated rings. The second-order valence-electron chi connectivity index (χ2n) is 41.7. The molecule has 0 bridgehead atoms. The molecule has 3 aromatic carbocycles. The summed E-state index contributed by atoms with van der Waals surface area (Å²) in [6.07, 6.45) is 95.4. The molecular weight excluding hydrogens is 1720 g/mol. The van der Waals surface area contributed by atoms with Gasteiger partial charge < -0.3 is 4.74 Å². The highest BCUT2D eigenvalue weighted by molar-refractivity contribution is 5.25. The smallest absolute Gasteiger partial charge is 0.0463 e. The topological polar surface area (TPSA) is 9.23 Å². The Morgan fingerprint density at radius 3 is 0.490 bits per heavy atom. The van der Waals surface area contributed by atoms with Crippen molar-refractivity contribution in [1.29, 1.82) is 0 Å². The van der Waals surface area contributed by atoms with Crippen LogP contribution in [0.2, 0.25) is 0 Å². The Balaban J connectivity index is -0.0000000584. The van der Waals surface area contributed by atoms with Crippen LogP contribution in [-0.4, -0.2) is 13.2 Å². The third-order valence-electron chi connectivity index (χ3n) is 25.6. The van der Waals surface area contributed by atoms with Crippen LogP contribution in [0, 0.1) is 29.6 Å². The fourth-order valence-electron chi connectivity index (χ4n) is 12.3. The Hall–Kier alpha value is -2.38. The van der Waals surface area contributed by atoms with Crippen molar-refractivity contribution in [2.24, 2.45) is 22.7 Å². The van der Waals surface area contributed by atoms with Gasteiger partial charge in [-0.1, -0.05) is 805 Å². The van der Waals surface area contributed by atoms with Gasteiger partial charge in [0.05, 0.1) is 0 Å². The summed E-state index contributed by atoms with van der Waals surface area (Å²) < 4.78 is 5.13. The maximum absolute atomic E-state index is 5.13. The fourth-order valence-corrected chi connectivity index (χ4v) is 12.3. The van der Waals surface area contributed by atoms with Crippen molar-refractivity contribution in [3.05, 3.63) is 106 Å². The molecule has 0 aromatic heterocycles. The first kappa shape index (κ1) is 192. The van der Waals surface area contributed by atoms with E-state index in [1.54, 1.807) is 0 Å². The molecule has 0 radical (unpaired) electrons. The largest absolute Gasteiger partial charge is 0.381 e. The molecule has 0 saturated carbocycles. The molecule has 0 aliphatic rings. The quantitative estimate of drug-likeness (QED) is 0.0512. The summed E-state index contributed by atoms with van der Waals surface area (Å²) in [5, 5.41) is 0. The number of ether oxygens (including phenoxy) is 1. The standard InChI is InChI=1S/C12H26.C11H16.C11H24.C10H14.C10H22.C9H12.2C9H20.C8H18.2C7H16.C6H14O.2C6H14.2C5H12.C4H10.7CH4/c1-3-5-7-9-11-12-10-8-6-4-2;1-4-10-5-7-11(8-6-10)9(2)3;1-3-5-7-9-11-10-8-6-4-2;1-3-9-5-7-10(4-2)8-6-9;1-3-5-7-9-10-8-6-4-2;1-3-9-6-4-8(2)5-7-9;1-5-7-8-9(3,4)6-2;1-3-5-7-9-8-6-4-2;1-3-5-7-8-6-4-2;1-5-7(3,4)6-2;2*1-3-5-7-6-4-2;1-4-6(3)5-2;1-3-5-6-4-2;1-4-5(2)3;1-3-5-4-2;1-3-4-2;;;;;;;/h3-12H2,1-2H3;5-9H,4H2,1-3H3;3-11H2,1-2H3;5-8H,3-4H2,1-2H3;3-10H2,1-2H3;4-7H,3H2,1-2H3;5-8H2,1-4H3;3-9H2,1-2H3;3-8H2,1-2H3;5-6H2,1-4H3;3-7H2,1-2H3;3-6H2,1-2H3;6H,4-5H2,1-3H3;3-6H2,1-2H3;5H,4H2,1-3H3;3-5H2,1-2H3;3-4H2,1-2H3;7*1H4. The van der Waals surface area contributed by atoms with Gasteiger partial charge in [-0.3, -0.25) is 0 Å². The van der Waals surface area contributed by atoms with Gasteiger partial charge in [-0.2, -0.15) is 0 Å². The van der Waals surface area contributed by atoms with Crippen molar-refractivity contribution in [1.82, 2.24) is 0 Å². The molecule has 3 rings (SSSR count). The lowest BCUT2D eigenvalue weighted by atomic mass is 9.85. The highest BCUT2D eigenvalue weighted by Gasteiger charge is 2.13. The molecule has 143 heavy (non-hydrogen) atoms. The van der Waals surface area contributed by atoms with Crippen molar-refractivity contribution in [3.63, 3.8) is 0 Å². The van der Waals surface area contributed by atoms with Crippen LogP contribution in [0.1, 0.15) is 786 Å². The molecule has 0 N–H and O–H groups in total. The van der Waals surface area contributed by atoms with Crippen LogP contribution in [0.4, 0.5) is 0 Å². The lowest BCUT2D eigenvalue weighted by Crippen LogP contribution is -2.08. The molecule has 0 unspecified atom stereocenters. The number of aryl methyl sites for hydroxylation is 5. The van der Waals surface area contributed by atoms with Crippen LogP contribution in [0.3, 0.4) is 0 Å². The molecule has 0 spiro atoms. The predicted molar refractivity (Wildman–Crippen MR) is 698 cm³/mol. The summed E-state index contributed by atoms with van der Waals surface area (Å²) in [6, 6.07) is 26.4. The molecule has 1 heteroatoms. The van der Waals surface area contributed by atoms with Crippen LogP contribution in [0.5, 0.6) is 0 Å². The molecule has 0 atom stereocenters. The van der Waals surface area contributed by atoms with E-state index in [9.17, 15) is 0 Å². The first-order valence-corrected chi connectivity index (χ1v) is 62.2. The molecule has 0 aliphatic carbocycles. The second-order valence-corrected chi connectivity index (χ2v) is 41.7. The number of benzene rings is 3. The predicted octanol–water partition coefficient (Wildman–Crippen LogP) is 56.3. The van der Waals surface area contributed by atoms with Crippen molar-refractivity contribution in [3.8, 4) is 0 Å². The first-order chi connectivity index (χ1) is 65.4. The van der Waals surface area contributed by atoms with Crippen LogP contribution < -0.4 is 0 Å². The molecule has 0 aliphatic heterocycles. The zero-order chi connectivity index (χ0) is 107. The normalized spacial score (nSPS) is 9.57. The minimum atomic E-state index is 0. The number of unbranched alkanes of at least 4 members (excludes halogenated alkanes) is 46. The van der Waals surface area contributed by atoms with E-state index in [4.69, 9.17) is 4.74 Å². The fraction of sp³-hybridized carbons (Fsp3) is 0.873. The third-order valence-corrected chi connectivity index (χ3v) is 25.6. The number of hydrogen-bond donors (Lipinski definition) is 0. The molecule has 0 heterocycles. The van der Waals surface area contributed by atoms with Crippen molar-refractivity contribution in [2.75, 3.05) is 13.2 Å². The zero-order valence-electron chi connectivity index (χ0n) is 104. The van der Waals surface area contributed by atoms with E-state index in [0.29, 0.717) is 16.7 Å². The SMILES string of the molecule is C.C.C.C.C.C.C.CCC(C)(C)CC.CCC(C)C.CCC(C)CC.CCCC.CCCCC.CCCCC(C)(C)CC.CCCCCC.CCCCCCC.CCCCCCCC.CCCCCCCCC.CCCCCCCCCC.CCCCCCCCCCC.CCCCCCCCCCCC.CCCOCCC.CCc1ccc(C(C)C)cc1.CCc1ccc(C)cc1.CCc1ccc(CC)cc1. The molecular formula is C142H308O. The first-order valence-electron chi connectivity index (χ1n) is 62.2. The van der Waals surface area contributed by atoms with Gasteiger partial charge in [-0.15, -0.1) is 0 Å². The molecule has 0 amide bonds. The highest BCUT2D eigenvalue weighted by atomic mass is 16.5. The van der Waals surface area contributed by atoms with Gasteiger partial charge in [0.1, 0.15) is 0 Å². The molecule has 882 valence electrons. The van der Waals surface area contributed by atoms with Gasteiger partial charge in [0.15, 0.2) is 0 Å². The molecule has 0 saturated heterocycles. The van der Waals surface area contributed by atoms with Crippen LogP contribution in [0.25, 0.3) is 0 Å². The van der Waals surface area contributed by atoms with E-state index in [2.05, 4.69) is 357 Å². The Kier molecular flexibility index (Phi) is 247. The average molecular weight is 2030 g/mol. The van der Waals surface area contributed by atoms with E-state index in [1.165, 1.54) is 438 Å². The molecule has 3 aromatic rings. The van der Waals surface area contributed by atoms with E-state index >= 15 is 0 Å². The Morgan fingerprint density at radius 2 is 0.364 bits per heavy atom. The summed E-state index contributed by atoms with van der Waals surface area (Å²) in [5.74, 6) is 2.47. The van der Waals surface area contributed by atoms with Gasteiger partial charge >= 0.3 is 0 Å². The molecule has 1 nitrogen and oxygen atoms in total. The van der Waals surface area contributed by atoms with E-state index in [0.717, 1.165) is 63.6 Å². The van der Waals surface area contributed by atoms with Crippen molar-refractivity contribution < 1.29 is 4.74 Å². The van der Waals surface area contributed by atoms with E-state index < -0.39 is 0 Å². The van der Waals surface area contributed by atoms with Crippen LogP contribution in [0.15, 0.2) is 72.8 Å². The second kappa shape index (κ2) is 184. The van der Waals surface area contributed by atoms with Crippen molar-refractivity contribution in [2.45, 2.75) is 785 Å². The number of rotatable bonds is 63. The number of hydrogen-bond acceptors (Lipinski definition) is 1. The Bertz CT molecular complexity index is 2110. The lowest BCUT2D eigenvalue weighted by molar-refractivity contribution is 0.135. The van der Waals surface area contributed by atoms with Crippen LogP contribution in [-0.2, 0) is 30.4 Å². The van der Waals surface area contributed by atoms with Gasteiger partial charge in [0, 0.05) is 13.2 Å². The van der Waals surface area contributed by atoms with Gasteiger partial charge in [0.25, 0.3) is 0 Å². The lowest BCUT2D eigenvalue weighted by Gasteiger charge is -2.21. The monoisotopic (exact) mass is 2030 g/mol. The maximum Gasteiger partial charge on any atom is 0.0463 e.